The minimum Gasteiger partial charge on any atom is -0.324 e. The van der Waals surface area contributed by atoms with Gasteiger partial charge in [-0.3, -0.25) is 0 Å². The third kappa shape index (κ3) is 2.93. The van der Waals surface area contributed by atoms with Gasteiger partial charge in [0.25, 0.3) is 0 Å². The first kappa shape index (κ1) is 11.4. The summed E-state index contributed by atoms with van der Waals surface area (Å²) in [4.78, 5) is 0. The van der Waals surface area contributed by atoms with Gasteiger partial charge in [-0.05, 0) is 46.5 Å². The van der Waals surface area contributed by atoms with Gasteiger partial charge in [0.05, 0.1) is 4.47 Å². The van der Waals surface area contributed by atoms with Crippen molar-refractivity contribution in [1.82, 2.24) is 0 Å². The maximum atomic E-state index is 13.1. The van der Waals surface area contributed by atoms with E-state index in [-0.39, 0.29) is 11.9 Å². The topological polar surface area (TPSA) is 26.0 Å². The van der Waals surface area contributed by atoms with Crippen molar-refractivity contribution in [2.45, 2.75) is 18.9 Å². The zero-order chi connectivity index (χ0) is 10.6. The molecular weight excluding hydrogens is 245 g/mol. The Balaban J connectivity index is 2.75. The fourth-order valence-electron chi connectivity index (χ4n) is 1.21. The van der Waals surface area contributed by atoms with Crippen LogP contribution in [-0.4, -0.2) is 0 Å². The van der Waals surface area contributed by atoms with Crippen LogP contribution < -0.4 is 5.73 Å². The number of nitrogens with two attached hydrogens (primary N) is 1. The lowest BCUT2D eigenvalue weighted by atomic mass is 10.0. The van der Waals surface area contributed by atoms with Crippen LogP contribution in [0, 0.1) is 5.82 Å². The lowest BCUT2D eigenvalue weighted by molar-refractivity contribution is 0.606. The summed E-state index contributed by atoms with van der Waals surface area (Å²) in [6.45, 7) is 3.62. The predicted octanol–water partition coefficient (Wildman–Crippen LogP) is 3.55. The standard InChI is InChI=1S/C11H13BrFN/c1-2-3-4-11(14)8-5-6-9(12)10(13)7-8/h2,5-7,11H,1,3-4,14H2. The highest BCUT2D eigenvalue weighted by Gasteiger charge is 2.07. The van der Waals surface area contributed by atoms with Gasteiger partial charge in [0.2, 0.25) is 0 Å². The van der Waals surface area contributed by atoms with E-state index in [2.05, 4.69) is 22.5 Å². The van der Waals surface area contributed by atoms with Gasteiger partial charge in [-0.25, -0.2) is 4.39 Å². The number of hydrogen-bond donors (Lipinski definition) is 1. The molecule has 2 N–H and O–H groups in total. The molecule has 0 aliphatic carbocycles. The van der Waals surface area contributed by atoms with Crippen molar-refractivity contribution in [2.75, 3.05) is 0 Å². The Morgan fingerprint density at radius 2 is 2.29 bits per heavy atom. The second-order valence-electron chi connectivity index (χ2n) is 3.15. The predicted molar refractivity (Wildman–Crippen MR) is 60.5 cm³/mol. The Bertz CT molecular complexity index is 325. The molecule has 76 valence electrons. The number of rotatable bonds is 4. The van der Waals surface area contributed by atoms with E-state index in [1.165, 1.54) is 6.07 Å². The highest BCUT2D eigenvalue weighted by molar-refractivity contribution is 9.10. The highest BCUT2D eigenvalue weighted by atomic mass is 79.9. The van der Waals surface area contributed by atoms with Crippen LogP contribution in [0.4, 0.5) is 4.39 Å². The molecule has 0 saturated carbocycles. The Morgan fingerprint density at radius 1 is 1.57 bits per heavy atom. The molecule has 1 unspecified atom stereocenters. The Labute approximate surface area is 91.9 Å². The molecular formula is C11H13BrFN. The van der Waals surface area contributed by atoms with Crippen molar-refractivity contribution in [1.29, 1.82) is 0 Å². The van der Waals surface area contributed by atoms with Crippen molar-refractivity contribution < 1.29 is 4.39 Å². The van der Waals surface area contributed by atoms with Crippen molar-refractivity contribution in [2.24, 2.45) is 5.73 Å². The van der Waals surface area contributed by atoms with Crippen LogP contribution in [0.15, 0.2) is 35.3 Å². The maximum absolute atomic E-state index is 13.1. The molecule has 3 heteroatoms. The highest BCUT2D eigenvalue weighted by Crippen LogP contribution is 2.21. The van der Waals surface area contributed by atoms with Crippen LogP contribution in [0.3, 0.4) is 0 Å². The van der Waals surface area contributed by atoms with E-state index in [1.54, 1.807) is 6.07 Å². The molecule has 0 saturated heterocycles. The average molecular weight is 258 g/mol. The molecule has 0 heterocycles. The van der Waals surface area contributed by atoms with E-state index >= 15 is 0 Å². The van der Waals surface area contributed by atoms with Gasteiger partial charge in [0.15, 0.2) is 0 Å². The number of benzene rings is 1. The second-order valence-corrected chi connectivity index (χ2v) is 4.00. The van der Waals surface area contributed by atoms with Gasteiger partial charge in [0, 0.05) is 6.04 Å². The fourth-order valence-corrected chi connectivity index (χ4v) is 1.45. The largest absolute Gasteiger partial charge is 0.324 e. The van der Waals surface area contributed by atoms with Crippen molar-refractivity contribution in [3.05, 3.63) is 46.7 Å². The van der Waals surface area contributed by atoms with Crippen LogP contribution in [0.25, 0.3) is 0 Å². The van der Waals surface area contributed by atoms with Gasteiger partial charge >= 0.3 is 0 Å². The minimum atomic E-state index is -0.267. The molecule has 0 aliphatic heterocycles. The summed E-state index contributed by atoms with van der Waals surface area (Å²) in [6, 6.07) is 4.87. The van der Waals surface area contributed by atoms with Crippen LogP contribution >= 0.6 is 15.9 Å². The van der Waals surface area contributed by atoms with E-state index in [9.17, 15) is 4.39 Å². The molecule has 1 rings (SSSR count). The summed E-state index contributed by atoms with van der Waals surface area (Å²) in [6.07, 6.45) is 3.46. The van der Waals surface area contributed by atoms with E-state index in [4.69, 9.17) is 5.73 Å². The quantitative estimate of drug-likeness (QED) is 0.821. The summed E-state index contributed by atoms with van der Waals surface area (Å²) in [5.41, 5.74) is 6.70. The maximum Gasteiger partial charge on any atom is 0.137 e. The van der Waals surface area contributed by atoms with E-state index in [0.29, 0.717) is 4.47 Å². The Morgan fingerprint density at radius 3 is 2.86 bits per heavy atom. The van der Waals surface area contributed by atoms with Crippen LogP contribution in [0.2, 0.25) is 0 Å². The van der Waals surface area contributed by atoms with Crippen molar-refractivity contribution in [3.63, 3.8) is 0 Å². The lowest BCUT2D eigenvalue weighted by Crippen LogP contribution is -2.09. The minimum absolute atomic E-state index is 0.115. The second kappa shape index (κ2) is 5.27. The molecule has 0 aromatic heterocycles. The molecule has 0 aliphatic rings. The number of hydrogen-bond acceptors (Lipinski definition) is 1. The third-order valence-corrected chi connectivity index (χ3v) is 2.70. The first-order chi connectivity index (χ1) is 6.65. The SMILES string of the molecule is C=CCCC(N)c1ccc(Br)c(F)c1. The van der Waals surface area contributed by atoms with Crippen LogP contribution in [0.5, 0.6) is 0 Å². The zero-order valence-corrected chi connectivity index (χ0v) is 9.43. The Hall–Kier alpha value is -0.670. The first-order valence-electron chi connectivity index (χ1n) is 4.46. The molecule has 1 aromatic rings. The molecule has 0 amide bonds. The first-order valence-corrected chi connectivity index (χ1v) is 5.26. The van der Waals surface area contributed by atoms with Crippen molar-refractivity contribution >= 4 is 15.9 Å². The van der Waals surface area contributed by atoms with Gasteiger partial charge in [-0.15, -0.1) is 6.58 Å². The van der Waals surface area contributed by atoms with Crippen LogP contribution in [0.1, 0.15) is 24.4 Å². The normalized spacial score (nSPS) is 12.5. The lowest BCUT2D eigenvalue weighted by Gasteiger charge is -2.10. The summed E-state index contributed by atoms with van der Waals surface area (Å²) in [5.74, 6) is -0.267. The summed E-state index contributed by atoms with van der Waals surface area (Å²) in [5, 5.41) is 0. The number of halogens is 2. The summed E-state index contributed by atoms with van der Waals surface area (Å²) in [7, 11) is 0. The summed E-state index contributed by atoms with van der Waals surface area (Å²) < 4.78 is 13.6. The van der Waals surface area contributed by atoms with Crippen LogP contribution in [-0.2, 0) is 0 Å². The smallest absolute Gasteiger partial charge is 0.137 e. The molecule has 0 bridgehead atoms. The fraction of sp³-hybridized carbons (Fsp3) is 0.273. The summed E-state index contributed by atoms with van der Waals surface area (Å²) >= 11 is 3.10. The molecule has 1 nitrogen and oxygen atoms in total. The van der Waals surface area contributed by atoms with Gasteiger partial charge in [-0.2, -0.15) is 0 Å². The molecule has 0 fully saturated rings. The van der Waals surface area contributed by atoms with E-state index in [0.717, 1.165) is 18.4 Å². The van der Waals surface area contributed by atoms with Gasteiger partial charge in [-0.1, -0.05) is 12.1 Å². The van der Waals surface area contributed by atoms with Gasteiger partial charge in [0.1, 0.15) is 5.82 Å². The molecule has 14 heavy (non-hydrogen) atoms. The van der Waals surface area contributed by atoms with Gasteiger partial charge < -0.3 is 5.73 Å². The average Bonchev–Trinajstić information content (AvgIpc) is 2.18. The van der Waals surface area contributed by atoms with Crippen molar-refractivity contribution in [3.8, 4) is 0 Å². The molecule has 1 atom stereocenters. The monoisotopic (exact) mass is 257 g/mol. The molecule has 0 radical (unpaired) electrons. The number of allylic oxidation sites excluding steroid dienone is 1. The van der Waals surface area contributed by atoms with E-state index < -0.39 is 0 Å². The molecule has 1 aromatic carbocycles. The third-order valence-electron chi connectivity index (χ3n) is 2.05. The Kier molecular flexibility index (Phi) is 4.29. The molecule has 0 spiro atoms. The van der Waals surface area contributed by atoms with E-state index in [1.807, 2.05) is 12.1 Å². The zero-order valence-electron chi connectivity index (χ0n) is 7.84.